The van der Waals surface area contributed by atoms with Crippen molar-refractivity contribution < 1.29 is 28.8 Å². The van der Waals surface area contributed by atoms with Crippen molar-refractivity contribution in [1.29, 1.82) is 0 Å². The first kappa shape index (κ1) is 21.1. The van der Waals surface area contributed by atoms with Gasteiger partial charge in [-0.2, -0.15) is 0 Å². The Morgan fingerprint density at radius 3 is 2.08 bits per heavy atom. The van der Waals surface area contributed by atoms with Crippen molar-refractivity contribution in [3.8, 4) is 0 Å². The van der Waals surface area contributed by atoms with Gasteiger partial charge in [-0.15, -0.1) is 6.58 Å². The van der Waals surface area contributed by atoms with Gasteiger partial charge in [0.25, 0.3) is 5.91 Å². The average molecular weight is 345 g/mol. The third kappa shape index (κ3) is 5.82. The van der Waals surface area contributed by atoms with Gasteiger partial charge >= 0.3 is 0 Å². The van der Waals surface area contributed by atoms with Gasteiger partial charge in [-0.1, -0.05) is 13.0 Å². The molecule has 0 aromatic rings. The molecule has 1 rings (SSSR count). The third-order valence-corrected chi connectivity index (χ3v) is 4.33. The van der Waals surface area contributed by atoms with E-state index in [4.69, 9.17) is 18.9 Å². The molecule has 1 saturated heterocycles. The number of methoxy groups -OCH3 is 2. The maximum absolute atomic E-state index is 12.8. The van der Waals surface area contributed by atoms with Crippen LogP contribution in [0.2, 0.25) is 0 Å². The Hall–Kier alpha value is -0.990. The minimum absolute atomic E-state index is 0.0965. The Labute approximate surface area is 144 Å². The standard InChI is InChI=1S/C17H31NO6/c1-5-13(6-2)16(19)17(20)18-14(9-23-11-21-3)7-8-15(18)10-24-12-22-4/h5,13-16,19H,1,6-12H2,2-4H3/t13-,14-,15-,16-/m0/s1. The molecule has 0 radical (unpaired) electrons. The van der Waals surface area contributed by atoms with Crippen molar-refractivity contribution in [2.75, 3.05) is 41.0 Å². The van der Waals surface area contributed by atoms with Crippen molar-refractivity contribution in [1.82, 2.24) is 4.90 Å². The van der Waals surface area contributed by atoms with Crippen LogP contribution in [0.4, 0.5) is 0 Å². The molecule has 1 fully saturated rings. The number of likely N-dealkylation sites (tertiary alicyclic amines) is 1. The van der Waals surface area contributed by atoms with Gasteiger partial charge in [0.1, 0.15) is 19.7 Å². The van der Waals surface area contributed by atoms with Gasteiger partial charge in [0.15, 0.2) is 0 Å². The van der Waals surface area contributed by atoms with E-state index in [1.165, 1.54) is 0 Å². The first-order valence-corrected chi connectivity index (χ1v) is 8.36. The first-order chi connectivity index (χ1) is 11.6. The highest BCUT2D eigenvalue weighted by Crippen LogP contribution is 2.27. The maximum atomic E-state index is 12.8. The molecule has 140 valence electrons. The highest BCUT2D eigenvalue weighted by Gasteiger charge is 2.40. The van der Waals surface area contributed by atoms with E-state index in [-0.39, 0.29) is 37.5 Å². The molecular weight excluding hydrogens is 314 g/mol. The second kappa shape index (κ2) is 11.5. The van der Waals surface area contributed by atoms with Crippen LogP contribution in [0, 0.1) is 5.92 Å². The summed E-state index contributed by atoms with van der Waals surface area (Å²) in [4.78, 5) is 14.6. The lowest BCUT2D eigenvalue weighted by atomic mass is 9.98. The van der Waals surface area contributed by atoms with Crippen molar-refractivity contribution in [2.45, 2.75) is 44.4 Å². The van der Waals surface area contributed by atoms with Gasteiger partial charge in [0.05, 0.1) is 25.3 Å². The third-order valence-electron chi connectivity index (χ3n) is 4.33. The number of aliphatic hydroxyl groups is 1. The molecule has 0 bridgehead atoms. The van der Waals surface area contributed by atoms with Crippen LogP contribution >= 0.6 is 0 Å². The molecule has 24 heavy (non-hydrogen) atoms. The lowest BCUT2D eigenvalue weighted by Gasteiger charge is -2.33. The molecule has 4 atom stereocenters. The van der Waals surface area contributed by atoms with Crippen LogP contribution in [0.3, 0.4) is 0 Å². The Morgan fingerprint density at radius 2 is 1.71 bits per heavy atom. The number of amides is 1. The highest BCUT2D eigenvalue weighted by molar-refractivity contribution is 5.82. The molecule has 7 nitrogen and oxygen atoms in total. The summed E-state index contributed by atoms with van der Waals surface area (Å²) in [5.74, 6) is -0.560. The fraction of sp³-hybridized carbons (Fsp3) is 0.824. The topological polar surface area (TPSA) is 77.5 Å². The zero-order valence-electron chi connectivity index (χ0n) is 15.0. The van der Waals surface area contributed by atoms with Crippen LogP contribution < -0.4 is 0 Å². The van der Waals surface area contributed by atoms with E-state index in [1.54, 1.807) is 25.2 Å². The lowest BCUT2D eigenvalue weighted by Crippen LogP contribution is -2.51. The average Bonchev–Trinajstić information content (AvgIpc) is 2.98. The number of hydrogen-bond acceptors (Lipinski definition) is 6. The van der Waals surface area contributed by atoms with Gasteiger partial charge in [-0.3, -0.25) is 4.79 Å². The van der Waals surface area contributed by atoms with Crippen LogP contribution in [0.15, 0.2) is 12.7 Å². The fourth-order valence-electron chi connectivity index (χ4n) is 3.04. The van der Waals surface area contributed by atoms with Gasteiger partial charge in [-0.25, -0.2) is 0 Å². The molecule has 0 aliphatic carbocycles. The molecule has 0 unspecified atom stereocenters. The summed E-state index contributed by atoms with van der Waals surface area (Å²) in [5, 5.41) is 10.4. The first-order valence-electron chi connectivity index (χ1n) is 8.36. The minimum Gasteiger partial charge on any atom is -0.383 e. The van der Waals surface area contributed by atoms with Crippen molar-refractivity contribution >= 4 is 5.91 Å². The van der Waals surface area contributed by atoms with Gasteiger partial charge < -0.3 is 29.0 Å². The normalized spacial score (nSPS) is 23.2. The summed E-state index contributed by atoms with van der Waals surface area (Å²) < 4.78 is 20.7. The van der Waals surface area contributed by atoms with Gasteiger partial charge in [0.2, 0.25) is 0 Å². The van der Waals surface area contributed by atoms with E-state index in [2.05, 4.69) is 6.58 Å². The molecule has 1 N–H and O–H groups in total. The Bertz CT molecular complexity index is 360. The predicted molar refractivity (Wildman–Crippen MR) is 89.3 cm³/mol. The Kier molecular flexibility index (Phi) is 10.1. The molecule has 1 aliphatic rings. The number of carbonyl (C=O) groups is 1. The van der Waals surface area contributed by atoms with E-state index in [9.17, 15) is 9.90 Å². The van der Waals surface area contributed by atoms with E-state index in [0.29, 0.717) is 19.6 Å². The van der Waals surface area contributed by atoms with Crippen LogP contribution in [-0.4, -0.2) is 75.1 Å². The van der Waals surface area contributed by atoms with Crippen LogP contribution in [-0.2, 0) is 23.7 Å². The highest BCUT2D eigenvalue weighted by atomic mass is 16.7. The molecule has 1 aliphatic heterocycles. The zero-order valence-corrected chi connectivity index (χ0v) is 15.0. The van der Waals surface area contributed by atoms with Crippen LogP contribution in [0.25, 0.3) is 0 Å². The summed E-state index contributed by atoms with van der Waals surface area (Å²) in [6.07, 6.45) is 2.79. The van der Waals surface area contributed by atoms with Crippen molar-refractivity contribution in [2.24, 2.45) is 5.92 Å². The monoisotopic (exact) mass is 345 g/mol. The quantitative estimate of drug-likeness (QED) is 0.325. The van der Waals surface area contributed by atoms with Crippen molar-refractivity contribution in [3.05, 3.63) is 12.7 Å². The molecule has 0 spiro atoms. The summed E-state index contributed by atoms with van der Waals surface area (Å²) >= 11 is 0. The number of hydrogen-bond donors (Lipinski definition) is 1. The summed E-state index contributed by atoms with van der Waals surface area (Å²) in [6, 6.07) is -0.193. The molecular formula is C17H31NO6. The largest absolute Gasteiger partial charge is 0.383 e. The maximum Gasteiger partial charge on any atom is 0.252 e. The van der Waals surface area contributed by atoms with Gasteiger partial charge in [-0.05, 0) is 19.3 Å². The molecule has 0 aromatic carbocycles. The van der Waals surface area contributed by atoms with E-state index in [1.807, 2.05) is 6.92 Å². The molecule has 1 heterocycles. The second-order valence-electron chi connectivity index (χ2n) is 5.94. The second-order valence-corrected chi connectivity index (χ2v) is 5.94. The summed E-state index contributed by atoms with van der Waals surface area (Å²) in [7, 11) is 3.11. The fourth-order valence-corrected chi connectivity index (χ4v) is 3.04. The number of aliphatic hydroxyl groups excluding tert-OH is 1. The van der Waals surface area contributed by atoms with Crippen LogP contribution in [0.5, 0.6) is 0 Å². The number of nitrogens with zero attached hydrogens (tertiary/aromatic N) is 1. The smallest absolute Gasteiger partial charge is 0.252 e. The van der Waals surface area contributed by atoms with Gasteiger partial charge in [0, 0.05) is 20.1 Å². The Balaban J connectivity index is 2.79. The molecule has 0 aromatic heterocycles. The number of ether oxygens (including phenoxy) is 4. The van der Waals surface area contributed by atoms with Crippen LogP contribution in [0.1, 0.15) is 26.2 Å². The Morgan fingerprint density at radius 1 is 1.21 bits per heavy atom. The lowest BCUT2D eigenvalue weighted by molar-refractivity contribution is -0.150. The predicted octanol–water partition coefficient (Wildman–Crippen LogP) is 1.16. The molecule has 7 heteroatoms. The number of rotatable bonds is 12. The minimum atomic E-state index is -1.10. The molecule has 0 saturated carbocycles. The molecule has 1 amide bonds. The van der Waals surface area contributed by atoms with E-state index >= 15 is 0 Å². The summed E-state index contributed by atoms with van der Waals surface area (Å²) in [5.41, 5.74) is 0. The van der Waals surface area contributed by atoms with E-state index in [0.717, 1.165) is 12.8 Å². The SMILES string of the molecule is C=C[C@@H](CC)[C@H](O)C(=O)N1[C@H](COCOC)CC[C@H]1COCOC. The summed E-state index contributed by atoms with van der Waals surface area (Å²) in [6.45, 7) is 6.73. The van der Waals surface area contributed by atoms with Crippen molar-refractivity contribution in [3.63, 3.8) is 0 Å². The van der Waals surface area contributed by atoms with E-state index < -0.39 is 6.10 Å². The zero-order chi connectivity index (χ0) is 17.9. The number of carbonyl (C=O) groups excluding carboxylic acids is 1.